The van der Waals surface area contributed by atoms with Crippen LogP contribution >= 0.6 is 0 Å². The molecule has 0 unspecified atom stereocenters. The highest BCUT2D eigenvalue weighted by molar-refractivity contribution is 5.78. The van der Waals surface area contributed by atoms with E-state index in [-0.39, 0.29) is 18.6 Å². The van der Waals surface area contributed by atoms with Crippen LogP contribution in [0.1, 0.15) is 38.2 Å². The number of nitriles is 1. The van der Waals surface area contributed by atoms with Crippen molar-refractivity contribution >= 4 is 5.91 Å². The van der Waals surface area contributed by atoms with Gasteiger partial charge in [0.15, 0.2) is 6.61 Å². The van der Waals surface area contributed by atoms with Crippen molar-refractivity contribution in [3.05, 3.63) is 29.8 Å². The zero-order valence-corrected chi connectivity index (χ0v) is 11.8. The normalized spacial score (nSPS) is 21.8. The molecular weight excluding hydrogens is 252 g/mol. The van der Waals surface area contributed by atoms with E-state index in [1.165, 1.54) is 19.3 Å². The lowest BCUT2D eigenvalue weighted by atomic mass is 9.86. The average molecular weight is 272 g/mol. The number of rotatable bonds is 4. The number of nitrogens with zero attached hydrogens (tertiary/aromatic N) is 1. The first-order chi connectivity index (χ1) is 9.70. The predicted molar refractivity (Wildman–Crippen MR) is 76.2 cm³/mol. The monoisotopic (exact) mass is 272 g/mol. The lowest BCUT2D eigenvalue weighted by Crippen LogP contribution is -2.43. The van der Waals surface area contributed by atoms with Crippen molar-refractivity contribution in [2.75, 3.05) is 6.61 Å². The SMILES string of the molecule is C[C@H]1CCCC[C@@H]1NC(=O)COc1ccccc1C#N. The average Bonchev–Trinajstić information content (AvgIpc) is 2.48. The van der Waals surface area contributed by atoms with E-state index in [1.807, 2.05) is 0 Å². The summed E-state index contributed by atoms with van der Waals surface area (Å²) in [7, 11) is 0. The van der Waals surface area contributed by atoms with Gasteiger partial charge in [-0.1, -0.05) is 31.9 Å². The van der Waals surface area contributed by atoms with Crippen LogP contribution < -0.4 is 10.1 Å². The van der Waals surface area contributed by atoms with E-state index < -0.39 is 0 Å². The van der Waals surface area contributed by atoms with Crippen LogP contribution in [-0.4, -0.2) is 18.6 Å². The lowest BCUT2D eigenvalue weighted by Gasteiger charge is -2.29. The third-order valence-electron chi connectivity index (χ3n) is 3.82. The summed E-state index contributed by atoms with van der Waals surface area (Å²) in [6, 6.07) is 9.25. The number of benzene rings is 1. The second kappa shape index (κ2) is 6.95. The van der Waals surface area contributed by atoms with Gasteiger partial charge in [-0.25, -0.2) is 0 Å². The van der Waals surface area contributed by atoms with Gasteiger partial charge in [0.25, 0.3) is 5.91 Å². The minimum absolute atomic E-state index is 0.0398. The molecule has 0 aromatic heterocycles. The molecule has 1 aromatic carbocycles. The van der Waals surface area contributed by atoms with Crippen LogP contribution in [0.4, 0.5) is 0 Å². The molecule has 1 saturated carbocycles. The molecule has 0 bridgehead atoms. The molecule has 1 aliphatic carbocycles. The van der Waals surface area contributed by atoms with Crippen LogP contribution in [-0.2, 0) is 4.79 Å². The second-order valence-electron chi connectivity index (χ2n) is 5.33. The third-order valence-corrected chi connectivity index (χ3v) is 3.82. The Hall–Kier alpha value is -2.02. The summed E-state index contributed by atoms with van der Waals surface area (Å²) in [6.07, 6.45) is 4.64. The van der Waals surface area contributed by atoms with Gasteiger partial charge < -0.3 is 10.1 Å². The predicted octanol–water partition coefficient (Wildman–Crippen LogP) is 2.63. The number of hydrogen-bond acceptors (Lipinski definition) is 3. The molecule has 1 aliphatic rings. The fourth-order valence-electron chi connectivity index (χ4n) is 2.61. The van der Waals surface area contributed by atoms with Crippen LogP contribution in [0.25, 0.3) is 0 Å². The van der Waals surface area contributed by atoms with Crippen molar-refractivity contribution in [3.63, 3.8) is 0 Å². The quantitative estimate of drug-likeness (QED) is 0.916. The smallest absolute Gasteiger partial charge is 0.258 e. The van der Waals surface area contributed by atoms with Gasteiger partial charge in [0.05, 0.1) is 5.56 Å². The van der Waals surface area contributed by atoms with Crippen molar-refractivity contribution in [3.8, 4) is 11.8 Å². The van der Waals surface area contributed by atoms with Crippen LogP contribution in [0.2, 0.25) is 0 Å². The van der Waals surface area contributed by atoms with Gasteiger partial charge in [-0.2, -0.15) is 5.26 Å². The minimum Gasteiger partial charge on any atom is -0.482 e. The minimum atomic E-state index is -0.114. The van der Waals surface area contributed by atoms with E-state index in [2.05, 4.69) is 18.3 Å². The van der Waals surface area contributed by atoms with Crippen LogP contribution in [0.15, 0.2) is 24.3 Å². The van der Waals surface area contributed by atoms with Gasteiger partial charge in [-0.3, -0.25) is 4.79 Å². The van der Waals surface area contributed by atoms with Crippen LogP contribution in [0.5, 0.6) is 5.75 Å². The number of para-hydroxylation sites is 1. The maximum atomic E-state index is 11.9. The van der Waals surface area contributed by atoms with Crippen LogP contribution in [0.3, 0.4) is 0 Å². The Labute approximate surface area is 119 Å². The molecule has 4 heteroatoms. The highest BCUT2D eigenvalue weighted by Crippen LogP contribution is 2.23. The largest absolute Gasteiger partial charge is 0.482 e. The van der Waals surface area contributed by atoms with E-state index in [9.17, 15) is 4.79 Å². The number of amides is 1. The summed E-state index contributed by atoms with van der Waals surface area (Å²) in [4.78, 5) is 11.9. The summed E-state index contributed by atoms with van der Waals surface area (Å²) < 4.78 is 5.43. The molecule has 1 N–H and O–H groups in total. The van der Waals surface area contributed by atoms with E-state index in [0.717, 1.165) is 6.42 Å². The standard InChI is InChI=1S/C16H20N2O2/c1-12-6-2-4-8-14(12)18-16(19)11-20-15-9-5-3-7-13(15)10-17/h3,5,7,9,12,14H,2,4,6,8,11H2,1H3,(H,18,19)/t12-,14-/m0/s1. The maximum Gasteiger partial charge on any atom is 0.258 e. The molecule has 20 heavy (non-hydrogen) atoms. The molecule has 1 fully saturated rings. The molecule has 4 nitrogen and oxygen atoms in total. The van der Waals surface area contributed by atoms with E-state index in [4.69, 9.17) is 10.00 Å². The number of ether oxygens (including phenoxy) is 1. The Balaban J connectivity index is 1.84. The third kappa shape index (κ3) is 3.74. The van der Waals surface area contributed by atoms with E-state index in [0.29, 0.717) is 17.2 Å². The zero-order valence-electron chi connectivity index (χ0n) is 11.8. The van der Waals surface area contributed by atoms with Gasteiger partial charge in [0.1, 0.15) is 11.8 Å². The fourth-order valence-corrected chi connectivity index (χ4v) is 2.61. The van der Waals surface area contributed by atoms with Crippen molar-refractivity contribution in [1.82, 2.24) is 5.32 Å². The van der Waals surface area contributed by atoms with Crippen molar-refractivity contribution < 1.29 is 9.53 Å². The van der Waals surface area contributed by atoms with Gasteiger partial charge >= 0.3 is 0 Å². The Morgan fingerprint density at radius 1 is 1.40 bits per heavy atom. The van der Waals surface area contributed by atoms with Gasteiger partial charge in [0.2, 0.25) is 0 Å². The molecule has 0 aliphatic heterocycles. The maximum absolute atomic E-state index is 11.9. The second-order valence-corrected chi connectivity index (χ2v) is 5.33. The molecule has 1 amide bonds. The molecule has 0 saturated heterocycles. The van der Waals surface area contributed by atoms with Crippen molar-refractivity contribution in [2.45, 2.75) is 38.6 Å². The first-order valence-corrected chi connectivity index (χ1v) is 7.12. The Kier molecular flexibility index (Phi) is 5.00. The topological polar surface area (TPSA) is 62.1 Å². The fraction of sp³-hybridized carbons (Fsp3) is 0.500. The van der Waals surface area contributed by atoms with E-state index in [1.54, 1.807) is 24.3 Å². The summed E-state index contributed by atoms with van der Waals surface area (Å²) >= 11 is 0. The van der Waals surface area contributed by atoms with Gasteiger partial charge in [0, 0.05) is 6.04 Å². The number of carbonyl (C=O) groups is 1. The van der Waals surface area contributed by atoms with Gasteiger partial charge in [-0.05, 0) is 30.9 Å². The van der Waals surface area contributed by atoms with E-state index >= 15 is 0 Å². The summed E-state index contributed by atoms with van der Waals surface area (Å²) in [5.41, 5.74) is 0.450. The first-order valence-electron chi connectivity index (χ1n) is 7.12. The number of nitrogens with one attached hydrogen (secondary N) is 1. The Morgan fingerprint density at radius 3 is 2.90 bits per heavy atom. The molecule has 106 valence electrons. The summed E-state index contributed by atoms with van der Waals surface area (Å²) in [5.74, 6) is 0.873. The first kappa shape index (κ1) is 14.4. The van der Waals surface area contributed by atoms with Gasteiger partial charge in [-0.15, -0.1) is 0 Å². The summed E-state index contributed by atoms with van der Waals surface area (Å²) in [6.45, 7) is 2.14. The Bertz CT molecular complexity index is 507. The highest BCUT2D eigenvalue weighted by Gasteiger charge is 2.22. The highest BCUT2D eigenvalue weighted by atomic mass is 16.5. The number of hydrogen-bond donors (Lipinski definition) is 1. The molecule has 0 spiro atoms. The molecular formula is C16H20N2O2. The van der Waals surface area contributed by atoms with Crippen molar-refractivity contribution in [1.29, 1.82) is 5.26 Å². The zero-order chi connectivity index (χ0) is 14.4. The molecule has 2 rings (SSSR count). The van der Waals surface area contributed by atoms with Crippen molar-refractivity contribution in [2.24, 2.45) is 5.92 Å². The molecule has 2 atom stereocenters. The molecule has 0 radical (unpaired) electrons. The Morgan fingerprint density at radius 2 is 2.15 bits per heavy atom. The molecule has 1 aromatic rings. The van der Waals surface area contributed by atoms with Crippen LogP contribution in [0, 0.1) is 17.2 Å². The lowest BCUT2D eigenvalue weighted by molar-refractivity contribution is -0.124. The number of carbonyl (C=O) groups excluding carboxylic acids is 1. The molecule has 0 heterocycles. The summed E-state index contributed by atoms with van der Waals surface area (Å²) in [5, 5.41) is 12.0.